The third-order valence-electron chi connectivity index (χ3n) is 7.85. The third kappa shape index (κ3) is 6.04. The van der Waals surface area contributed by atoms with E-state index in [9.17, 15) is 9.59 Å². The van der Waals surface area contributed by atoms with E-state index >= 15 is 0 Å². The molecule has 11 nitrogen and oxygen atoms in total. The van der Waals surface area contributed by atoms with Crippen LogP contribution in [0.15, 0.2) is 71.9 Å². The number of amides is 3. The first-order valence-electron chi connectivity index (χ1n) is 14.6. The lowest BCUT2D eigenvalue weighted by Gasteiger charge is -2.29. The predicted molar refractivity (Wildman–Crippen MR) is 172 cm³/mol. The van der Waals surface area contributed by atoms with Gasteiger partial charge in [0.25, 0.3) is 5.91 Å². The molecule has 44 heavy (non-hydrogen) atoms. The van der Waals surface area contributed by atoms with Gasteiger partial charge < -0.3 is 30.0 Å². The minimum absolute atomic E-state index is 0.0450. The molecule has 1 saturated heterocycles. The van der Waals surface area contributed by atoms with Crippen LogP contribution in [0.5, 0.6) is 0 Å². The van der Waals surface area contributed by atoms with Gasteiger partial charge in [-0.15, -0.1) is 0 Å². The molecule has 1 fully saturated rings. The number of fused-ring (bicyclic) bond motifs is 1. The number of carbonyl (C=O) groups is 2. The molecule has 0 radical (unpaired) electrons. The molecule has 11 heteroatoms. The van der Waals surface area contributed by atoms with E-state index in [1.807, 2.05) is 38.1 Å². The van der Waals surface area contributed by atoms with Crippen LogP contribution < -0.4 is 15.5 Å². The summed E-state index contributed by atoms with van der Waals surface area (Å²) >= 11 is 0. The maximum Gasteiger partial charge on any atom is 0.323 e. The number of nitrogens with zero attached hydrogens (tertiary/aromatic N) is 5. The van der Waals surface area contributed by atoms with E-state index in [1.54, 1.807) is 38.4 Å². The number of aromatic nitrogens is 2. The van der Waals surface area contributed by atoms with E-state index in [0.29, 0.717) is 36.0 Å². The summed E-state index contributed by atoms with van der Waals surface area (Å²) in [5, 5.41) is 10.8. The highest BCUT2D eigenvalue weighted by Gasteiger charge is 2.30. The highest BCUT2D eigenvalue weighted by atomic mass is 16.6. The Balaban J connectivity index is 1.23. The monoisotopic (exact) mass is 593 g/mol. The van der Waals surface area contributed by atoms with Crippen LogP contribution in [0.1, 0.15) is 35.7 Å². The Bertz CT molecular complexity index is 1720. The van der Waals surface area contributed by atoms with E-state index in [4.69, 9.17) is 19.5 Å². The minimum atomic E-state index is -0.391. The second-order valence-corrected chi connectivity index (χ2v) is 11.2. The Morgan fingerprint density at radius 1 is 0.909 bits per heavy atom. The molecule has 3 amide bonds. The van der Waals surface area contributed by atoms with Gasteiger partial charge in [0.05, 0.1) is 30.4 Å². The molecule has 2 aliphatic rings. The highest BCUT2D eigenvalue weighted by Crippen LogP contribution is 2.34. The molecular weight excluding hydrogens is 558 g/mol. The number of rotatable bonds is 6. The van der Waals surface area contributed by atoms with E-state index in [2.05, 4.69) is 38.9 Å². The van der Waals surface area contributed by atoms with Crippen molar-refractivity contribution in [3.8, 4) is 11.4 Å². The zero-order valence-electron chi connectivity index (χ0n) is 25.2. The number of anilines is 3. The lowest BCUT2D eigenvalue weighted by molar-refractivity contribution is 0.0827. The molecule has 1 aromatic heterocycles. The largest absolute Gasteiger partial charge is 0.392 e. The highest BCUT2D eigenvalue weighted by molar-refractivity contribution is 6.01. The number of carbonyl (C=O) groups excluding carboxylic acids is 2. The summed E-state index contributed by atoms with van der Waals surface area (Å²) in [6, 6.07) is 20.1. The quantitative estimate of drug-likeness (QED) is 0.309. The lowest BCUT2D eigenvalue weighted by Crippen LogP contribution is -2.37. The molecule has 6 rings (SSSR count). The smallest absolute Gasteiger partial charge is 0.323 e. The number of hydrogen-bond donors (Lipinski definition) is 2. The average Bonchev–Trinajstić information content (AvgIpc) is 3.38. The van der Waals surface area contributed by atoms with Crippen molar-refractivity contribution in [1.29, 1.82) is 0 Å². The van der Waals surface area contributed by atoms with Crippen LogP contribution in [0.2, 0.25) is 0 Å². The average molecular weight is 594 g/mol. The summed E-state index contributed by atoms with van der Waals surface area (Å²) in [6.45, 7) is 6.81. The Morgan fingerprint density at radius 2 is 1.57 bits per heavy atom. The van der Waals surface area contributed by atoms with Crippen LogP contribution in [-0.4, -0.2) is 79.0 Å². The van der Waals surface area contributed by atoms with Crippen molar-refractivity contribution in [2.45, 2.75) is 25.9 Å². The molecule has 2 unspecified atom stereocenters. The second kappa shape index (κ2) is 12.3. The molecule has 2 N–H and O–H groups in total. The topological polar surface area (TPSA) is 121 Å². The first-order valence-corrected chi connectivity index (χ1v) is 14.6. The maximum atomic E-state index is 12.7. The molecule has 2 aliphatic heterocycles. The van der Waals surface area contributed by atoms with Crippen LogP contribution in [0.4, 0.5) is 22.0 Å². The van der Waals surface area contributed by atoms with Gasteiger partial charge in [-0.2, -0.15) is 0 Å². The molecule has 4 aromatic rings. The number of urea groups is 1. The Morgan fingerprint density at radius 3 is 2.18 bits per heavy atom. The van der Waals surface area contributed by atoms with Crippen LogP contribution in [-0.2, 0) is 9.57 Å². The van der Waals surface area contributed by atoms with Crippen LogP contribution in [0, 0.1) is 0 Å². The maximum absolute atomic E-state index is 12.7. The fraction of sp³-hybridized carbons (Fsp3) is 0.303. The number of nitrogens with one attached hydrogen (secondary N) is 2. The van der Waals surface area contributed by atoms with E-state index < -0.39 is 6.03 Å². The van der Waals surface area contributed by atoms with Gasteiger partial charge >= 0.3 is 6.03 Å². The molecule has 0 saturated carbocycles. The first kappa shape index (κ1) is 29.1. The molecular formula is C33H35N7O4. The van der Waals surface area contributed by atoms with Gasteiger partial charge in [-0.25, -0.2) is 14.8 Å². The van der Waals surface area contributed by atoms with Gasteiger partial charge in [-0.05, 0) is 80.1 Å². The summed E-state index contributed by atoms with van der Waals surface area (Å²) < 4.78 is 5.60. The van der Waals surface area contributed by atoms with Gasteiger partial charge in [0.15, 0.2) is 5.82 Å². The summed E-state index contributed by atoms with van der Waals surface area (Å²) in [7, 11) is 3.39. The van der Waals surface area contributed by atoms with Gasteiger partial charge in [0.2, 0.25) is 0 Å². The molecule has 3 heterocycles. The molecule has 226 valence electrons. The number of ether oxygens (including phenoxy) is 1. The van der Waals surface area contributed by atoms with E-state index in [0.717, 1.165) is 46.6 Å². The van der Waals surface area contributed by atoms with Crippen molar-refractivity contribution >= 4 is 45.7 Å². The fourth-order valence-corrected chi connectivity index (χ4v) is 5.55. The number of oxime groups is 1. The van der Waals surface area contributed by atoms with Gasteiger partial charge in [-0.3, -0.25) is 4.79 Å². The zero-order valence-corrected chi connectivity index (χ0v) is 25.2. The zero-order chi connectivity index (χ0) is 30.8. The van der Waals surface area contributed by atoms with Gasteiger partial charge in [0.1, 0.15) is 11.9 Å². The fourth-order valence-electron chi connectivity index (χ4n) is 5.55. The summed E-state index contributed by atoms with van der Waals surface area (Å²) in [4.78, 5) is 44.0. The normalized spacial score (nSPS) is 18.0. The Labute approximate surface area is 255 Å². The minimum Gasteiger partial charge on any atom is -0.392 e. The molecule has 0 aliphatic carbocycles. The van der Waals surface area contributed by atoms with Crippen LogP contribution in [0.3, 0.4) is 0 Å². The van der Waals surface area contributed by atoms with Gasteiger partial charge in [-0.1, -0.05) is 11.2 Å². The third-order valence-corrected chi connectivity index (χ3v) is 7.85. The first-order chi connectivity index (χ1) is 21.3. The molecule has 0 spiro atoms. The van der Waals surface area contributed by atoms with Crippen LogP contribution in [0.25, 0.3) is 22.3 Å². The summed E-state index contributed by atoms with van der Waals surface area (Å²) in [5.74, 6) is 1.44. The second-order valence-electron chi connectivity index (χ2n) is 11.2. The molecule has 3 aromatic carbocycles. The predicted octanol–water partition coefficient (Wildman–Crippen LogP) is 5.36. The lowest BCUT2D eigenvalue weighted by atomic mass is 9.90. The number of benzene rings is 3. The number of morpholine rings is 1. The van der Waals surface area contributed by atoms with Crippen molar-refractivity contribution in [2.24, 2.45) is 5.16 Å². The molecule has 0 bridgehead atoms. The summed E-state index contributed by atoms with van der Waals surface area (Å²) in [5.41, 5.74) is 5.47. The Hall–Kier alpha value is -5.03. The van der Waals surface area contributed by atoms with Crippen LogP contribution >= 0.6 is 0 Å². The van der Waals surface area contributed by atoms with Crippen molar-refractivity contribution < 1.29 is 19.2 Å². The van der Waals surface area contributed by atoms with E-state index in [-0.39, 0.29) is 17.9 Å². The van der Waals surface area contributed by atoms with Gasteiger partial charge in [0, 0.05) is 55.1 Å². The SMILES string of the molecule is CC1=NOC(C)C1c1ccc2c(N3CCOCC3)nc(-c3ccc(NC(=O)Nc4ccc(C(=O)N(C)C)cc4)cc3)nc2c1. The van der Waals surface area contributed by atoms with E-state index in [1.165, 1.54) is 4.90 Å². The molecule has 2 atom stereocenters. The van der Waals surface area contributed by atoms with Crippen molar-refractivity contribution in [3.05, 3.63) is 77.9 Å². The number of hydrogen-bond acceptors (Lipinski definition) is 8. The van der Waals surface area contributed by atoms with Crippen molar-refractivity contribution in [3.63, 3.8) is 0 Å². The summed E-state index contributed by atoms with van der Waals surface area (Å²) in [6.07, 6.45) is -0.0450. The standard InChI is InChI=1S/C33H35N7O4/c1-20-29(21(2)44-38-20)24-9-14-27-28(19-24)36-30(37-31(27)40-15-17-43-18-16-40)22-5-10-25(11-6-22)34-33(42)35-26-12-7-23(8-13-26)32(41)39(3)4/h5-14,19,21,29H,15-18H2,1-4H3,(H2,34,35,42). The Kier molecular flexibility index (Phi) is 8.12. The van der Waals surface area contributed by atoms with Crippen molar-refractivity contribution in [1.82, 2.24) is 14.9 Å². The van der Waals surface area contributed by atoms with Crippen molar-refractivity contribution in [2.75, 3.05) is 55.9 Å².